The molecule has 0 spiro atoms. The lowest BCUT2D eigenvalue weighted by Crippen LogP contribution is -2.35. The van der Waals surface area contributed by atoms with Crippen molar-refractivity contribution in [3.63, 3.8) is 0 Å². The van der Waals surface area contributed by atoms with Gasteiger partial charge in [0.25, 0.3) is 0 Å². The first-order valence-corrected chi connectivity index (χ1v) is 9.48. The lowest BCUT2D eigenvalue weighted by molar-refractivity contribution is 0.128. The number of methoxy groups -OCH3 is 1. The predicted octanol–water partition coefficient (Wildman–Crippen LogP) is 3.30. The van der Waals surface area contributed by atoms with Crippen molar-refractivity contribution >= 4 is 11.6 Å². The van der Waals surface area contributed by atoms with E-state index < -0.39 is 0 Å². The van der Waals surface area contributed by atoms with Crippen LogP contribution in [0.25, 0.3) is 0 Å². The summed E-state index contributed by atoms with van der Waals surface area (Å²) in [6, 6.07) is 7.94. The first-order chi connectivity index (χ1) is 12.7. The predicted molar refractivity (Wildman–Crippen MR) is 106 cm³/mol. The lowest BCUT2D eigenvalue weighted by Gasteiger charge is -2.18. The minimum Gasteiger partial charge on any atom is -0.493 e. The molecule has 1 aliphatic rings. The summed E-state index contributed by atoms with van der Waals surface area (Å²) in [6.45, 7) is 5.95. The van der Waals surface area contributed by atoms with Crippen LogP contribution in [0.2, 0.25) is 0 Å². The molecule has 0 bridgehead atoms. The highest BCUT2D eigenvalue weighted by Gasteiger charge is 2.41. The quantitative estimate of drug-likeness (QED) is 0.339. The molecule has 0 radical (unpaired) electrons. The van der Waals surface area contributed by atoms with E-state index in [1.165, 1.54) is 12.8 Å². The Balaban J connectivity index is 1.78. The zero-order valence-electron chi connectivity index (χ0n) is 16.3. The minimum absolute atomic E-state index is 0.374. The van der Waals surface area contributed by atoms with Crippen molar-refractivity contribution in [2.24, 2.45) is 10.4 Å². The van der Waals surface area contributed by atoms with Gasteiger partial charge in [-0.2, -0.15) is 0 Å². The van der Waals surface area contributed by atoms with E-state index in [2.05, 4.69) is 15.6 Å². The maximum absolute atomic E-state index is 5.75. The smallest absolute Gasteiger partial charge is 0.195 e. The number of ether oxygens (including phenoxy) is 3. The molecule has 26 heavy (non-hydrogen) atoms. The normalized spacial score (nSPS) is 15.6. The van der Waals surface area contributed by atoms with Crippen molar-refractivity contribution in [2.45, 2.75) is 32.6 Å². The van der Waals surface area contributed by atoms with Crippen molar-refractivity contribution in [1.82, 2.24) is 5.32 Å². The van der Waals surface area contributed by atoms with Gasteiger partial charge in [0.2, 0.25) is 0 Å². The molecule has 1 aliphatic carbocycles. The molecule has 1 aromatic rings. The van der Waals surface area contributed by atoms with Gasteiger partial charge < -0.3 is 24.8 Å². The highest BCUT2D eigenvalue weighted by atomic mass is 16.5. The molecule has 2 rings (SSSR count). The number of guanidine groups is 1. The first kappa shape index (κ1) is 20.5. The highest BCUT2D eigenvalue weighted by Crippen LogP contribution is 2.48. The van der Waals surface area contributed by atoms with Gasteiger partial charge in [0, 0.05) is 58.7 Å². The fourth-order valence-corrected chi connectivity index (χ4v) is 2.77. The van der Waals surface area contributed by atoms with E-state index in [1.54, 1.807) is 14.2 Å². The van der Waals surface area contributed by atoms with Crippen LogP contribution < -0.4 is 15.4 Å². The number of benzene rings is 1. The highest BCUT2D eigenvalue weighted by molar-refractivity contribution is 5.93. The van der Waals surface area contributed by atoms with Crippen LogP contribution in [0.1, 0.15) is 32.6 Å². The van der Waals surface area contributed by atoms with Crippen LogP contribution in [0.5, 0.6) is 5.75 Å². The van der Waals surface area contributed by atoms with E-state index in [9.17, 15) is 0 Å². The molecule has 0 atom stereocenters. The summed E-state index contributed by atoms with van der Waals surface area (Å²) in [5, 5.41) is 6.79. The summed E-state index contributed by atoms with van der Waals surface area (Å²) in [5.74, 6) is 1.63. The Bertz CT molecular complexity index is 559. The summed E-state index contributed by atoms with van der Waals surface area (Å²) >= 11 is 0. The number of hydrogen-bond donors (Lipinski definition) is 2. The molecule has 0 aliphatic heterocycles. The van der Waals surface area contributed by atoms with Gasteiger partial charge in [0.05, 0.1) is 6.61 Å². The van der Waals surface area contributed by atoms with E-state index in [4.69, 9.17) is 14.2 Å². The van der Waals surface area contributed by atoms with Crippen LogP contribution in [0.15, 0.2) is 29.3 Å². The van der Waals surface area contributed by atoms with Gasteiger partial charge in [-0.15, -0.1) is 0 Å². The molecule has 0 unspecified atom stereocenters. The summed E-state index contributed by atoms with van der Waals surface area (Å²) < 4.78 is 16.3. The Morgan fingerprint density at radius 1 is 1.23 bits per heavy atom. The molecule has 0 amide bonds. The second-order valence-electron chi connectivity index (χ2n) is 6.72. The third-order valence-corrected chi connectivity index (χ3v) is 4.65. The minimum atomic E-state index is 0.374. The summed E-state index contributed by atoms with van der Waals surface area (Å²) in [7, 11) is 3.49. The van der Waals surface area contributed by atoms with Gasteiger partial charge in [0.1, 0.15) is 5.75 Å². The van der Waals surface area contributed by atoms with E-state index in [0.29, 0.717) is 18.6 Å². The lowest BCUT2D eigenvalue weighted by atomic mass is 10.0. The average Bonchev–Trinajstić information content (AvgIpc) is 3.43. The Hall–Kier alpha value is -1.79. The fraction of sp³-hybridized carbons (Fsp3) is 0.650. The molecular weight excluding hydrogens is 330 g/mol. The number of nitrogens with one attached hydrogen (secondary N) is 2. The van der Waals surface area contributed by atoms with Crippen molar-refractivity contribution in [3.8, 4) is 5.75 Å². The second-order valence-corrected chi connectivity index (χ2v) is 6.72. The molecule has 146 valence electrons. The Labute approximate surface area is 157 Å². The molecule has 0 aromatic heterocycles. The number of nitrogens with zero attached hydrogens (tertiary/aromatic N) is 1. The Morgan fingerprint density at radius 2 is 2.08 bits per heavy atom. The molecule has 1 fully saturated rings. The van der Waals surface area contributed by atoms with Crippen molar-refractivity contribution in [3.05, 3.63) is 24.3 Å². The van der Waals surface area contributed by atoms with E-state index in [1.807, 2.05) is 31.2 Å². The monoisotopic (exact) mass is 363 g/mol. The van der Waals surface area contributed by atoms with Crippen LogP contribution in [0, 0.1) is 5.41 Å². The van der Waals surface area contributed by atoms with Crippen LogP contribution in [0.3, 0.4) is 0 Å². The summed E-state index contributed by atoms with van der Waals surface area (Å²) in [4.78, 5) is 4.33. The molecule has 0 heterocycles. The molecular formula is C20H33N3O3. The molecule has 1 aromatic carbocycles. The fourth-order valence-electron chi connectivity index (χ4n) is 2.77. The van der Waals surface area contributed by atoms with Gasteiger partial charge >= 0.3 is 0 Å². The molecule has 2 N–H and O–H groups in total. The summed E-state index contributed by atoms with van der Waals surface area (Å²) in [5.41, 5.74) is 1.33. The van der Waals surface area contributed by atoms with Gasteiger partial charge in [-0.3, -0.25) is 4.99 Å². The third kappa shape index (κ3) is 7.22. The zero-order valence-corrected chi connectivity index (χ0v) is 16.3. The number of hydrogen-bond acceptors (Lipinski definition) is 4. The second kappa shape index (κ2) is 11.0. The maximum atomic E-state index is 5.75. The molecule has 6 heteroatoms. The van der Waals surface area contributed by atoms with Crippen LogP contribution in [-0.2, 0) is 9.47 Å². The van der Waals surface area contributed by atoms with E-state index >= 15 is 0 Å². The van der Waals surface area contributed by atoms with Crippen LogP contribution in [-0.4, -0.2) is 53.1 Å². The van der Waals surface area contributed by atoms with Gasteiger partial charge in [-0.05, 0) is 43.7 Å². The summed E-state index contributed by atoms with van der Waals surface area (Å²) in [6.07, 6.45) is 4.50. The standard InChI is InChI=1S/C20H33N3O3/c1-4-25-14-11-20(9-10-20)16-22-19(21-2)23-17-7-5-8-18(15-17)26-13-6-12-24-3/h5,7-8,15H,4,6,9-14,16H2,1-3H3,(H2,21,22,23). The van der Waals surface area contributed by atoms with E-state index in [0.717, 1.165) is 50.0 Å². The van der Waals surface area contributed by atoms with Crippen molar-refractivity contribution in [1.29, 1.82) is 0 Å². The number of anilines is 1. The SMILES string of the molecule is CCOCCC1(CNC(=NC)Nc2cccc(OCCCOC)c2)CC1. The molecule has 1 saturated carbocycles. The van der Waals surface area contributed by atoms with Gasteiger partial charge in [-0.1, -0.05) is 6.07 Å². The van der Waals surface area contributed by atoms with Crippen LogP contribution >= 0.6 is 0 Å². The molecule has 6 nitrogen and oxygen atoms in total. The topological polar surface area (TPSA) is 64.1 Å². The van der Waals surface area contributed by atoms with Crippen molar-refractivity contribution < 1.29 is 14.2 Å². The Morgan fingerprint density at radius 3 is 2.77 bits per heavy atom. The maximum Gasteiger partial charge on any atom is 0.195 e. The van der Waals surface area contributed by atoms with Gasteiger partial charge in [0.15, 0.2) is 5.96 Å². The number of aliphatic imine (C=N–C) groups is 1. The third-order valence-electron chi connectivity index (χ3n) is 4.65. The Kier molecular flexibility index (Phi) is 8.71. The van der Waals surface area contributed by atoms with Crippen LogP contribution in [0.4, 0.5) is 5.69 Å². The van der Waals surface area contributed by atoms with Crippen molar-refractivity contribution in [2.75, 3.05) is 52.4 Å². The largest absolute Gasteiger partial charge is 0.493 e. The average molecular weight is 364 g/mol. The molecule has 0 saturated heterocycles. The van der Waals surface area contributed by atoms with Gasteiger partial charge in [-0.25, -0.2) is 0 Å². The number of rotatable bonds is 12. The van der Waals surface area contributed by atoms with E-state index in [-0.39, 0.29) is 0 Å². The first-order valence-electron chi connectivity index (χ1n) is 9.48. The zero-order chi connectivity index (χ0) is 18.7.